The first-order valence-corrected chi connectivity index (χ1v) is 7.96. The molecule has 0 radical (unpaired) electrons. The van der Waals surface area contributed by atoms with Crippen molar-refractivity contribution in [2.75, 3.05) is 23.7 Å². The fourth-order valence-electron chi connectivity index (χ4n) is 2.91. The van der Waals surface area contributed by atoms with Gasteiger partial charge < -0.3 is 10.6 Å². The van der Waals surface area contributed by atoms with Gasteiger partial charge in [-0.1, -0.05) is 32.6 Å². The molecule has 21 heavy (non-hydrogen) atoms. The van der Waals surface area contributed by atoms with Crippen LogP contribution in [0.25, 0.3) is 0 Å². The molecule has 2 N–H and O–H groups in total. The van der Waals surface area contributed by atoms with Crippen LogP contribution in [0.3, 0.4) is 0 Å². The number of non-ortho nitro benzene ring substituents is 1. The molecular weight excluding hydrogens is 266 g/mol. The number of anilines is 2. The van der Waals surface area contributed by atoms with Crippen LogP contribution in [-0.4, -0.2) is 18.0 Å². The molecule has 0 bridgehead atoms. The van der Waals surface area contributed by atoms with Crippen LogP contribution in [0.1, 0.15) is 45.4 Å². The first kappa shape index (κ1) is 15.6. The Balaban J connectivity index is 1.95. The molecule has 1 saturated carbocycles. The zero-order valence-corrected chi connectivity index (χ0v) is 12.7. The van der Waals surface area contributed by atoms with Crippen LogP contribution in [-0.2, 0) is 0 Å². The van der Waals surface area contributed by atoms with Crippen molar-refractivity contribution in [3.05, 3.63) is 28.3 Å². The number of nitrogens with zero attached hydrogens (tertiary/aromatic N) is 1. The zero-order chi connectivity index (χ0) is 15.1. The molecule has 0 atom stereocenters. The third-order valence-corrected chi connectivity index (χ3v) is 4.06. The Morgan fingerprint density at radius 1 is 1.14 bits per heavy atom. The summed E-state index contributed by atoms with van der Waals surface area (Å²) in [5, 5.41) is 17.6. The van der Waals surface area contributed by atoms with E-state index in [0.717, 1.165) is 43.2 Å². The minimum absolute atomic E-state index is 0.138. The predicted octanol–water partition coefficient (Wildman–Crippen LogP) is 4.41. The summed E-state index contributed by atoms with van der Waals surface area (Å²) in [5.41, 5.74) is 1.79. The predicted molar refractivity (Wildman–Crippen MR) is 86.9 cm³/mol. The van der Waals surface area contributed by atoms with Gasteiger partial charge in [0.25, 0.3) is 5.69 Å². The van der Waals surface area contributed by atoms with Crippen molar-refractivity contribution in [2.24, 2.45) is 5.92 Å². The molecule has 5 heteroatoms. The number of rotatable bonds is 8. The Morgan fingerprint density at radius 3 is 2.33 bits per heavy atom. The van der Waals surface area contributed by atoms with Gasteiger partial charge in [0.2, 0.25) is 0 Å². The van der Waals surface area contributed by atoms with E-state index < -0.39 is 0 Å². The second-order valence-electron chi connectivity index (χ2n) is 5.82. The van der Waals surface area contributed by atoms with Crippen LogP contribution in [0, 0.1) is 16.0 Å². The number of hydrogen-bond donors (Lipinski definition) is 2. The molecule has 0 saturated heterocycles. The molecule has 0 aromatic heterocycles. The first-order valence-electron chi connectivity index (χ1n) is 7.96. The van der Waals surface area contributed by atoms with E-state index in [2.05, 4.69) is 17.6 Å². The van der Waals surface area contributed by atoms with Crippen LogP contribution in [0.15, 0.2) is 18.2 Å². The number of nitro benzene ring substituents is 1. The van der Waals surface area contributed by atoms with Gasteiger partial charge in [0.15, 0.2) is 0 Å². The van der Waals surface area contributed by atoms with E-state index in [1.54, 1.807) is 12.1 Å². The van der Waals surface area contributed by atoms with Crippen molar-refractivity contribution in [1.82, 2.24) is 0 Å². The highest BCUT2D eigenvalue weighted by Gasteiger charge is 2.14. The summed E-state index contributed by atoms with van der Waals surface area (Å²) in [6, 6.07) is 5.17. The van der Waals surface area contributed by atoms with Gasteiger partial charge in [0.1, 0.15) is 0 Å². The van der Waals surface area contributed by atoms with Gasteiger partial charge in [-0.3, -0.25) is 10.1 Å². The van der Waals surface area contributed by atoms with Crippen LogP contribution in [0.2, 0.25) is 0 Å². The van der Waals surface area contributed by atoms with Crippen molar-refractivity contribution >= 4 is 17.1 Å². The van der Waals surface area contributed by atoms with Gasteiger partial charge in [-0.15, -0.1) is 0 Å². The summed E-state index contributed by atoms with van der Waals surface area (Å²) in [4.78, 5) is 10.7. The van der Waals surface area contributed by atoms with Crippen LogP contribution >= 0.6 is 0 Å². The highest BCUT2D eigenvalue weighted by atomic mass is 16.6. The maximum atomic E-state index is 11.0. The smallest absolute Gasteiger partial charge is 0.273 e. The summed E-state index contributed by atoms with van der Waals surface area (Å²) in [6.45, 7) is 3.78. The molecule has 1 aliphatic rings. The molecule has 0 amide bonds. The Labute approximate surface area is 126 Å². The lowest BCUT2D eigenvalue weighted by Gasteiger charge is -2.12. The fourth-order valence-corrected chi connectivity index (χ4v) is 2.91. The molecule has 1 fully saturated rings. The molecule has 2 rings (SSSR count). The first-order chi connectivity index (χ1) is 10.2. The quantitative estimate of drug-likeness (QED) is 0.550. The minimum Gasteiger partial charge on any atom is -0.385 e. The second-order valence-corrected chi connectivity index (χ2v) is 5.82. The van der Waals surface area contributed by atoms with E-state index in [0.29, 0.717) is 0 Å². The number of hydrogen-bond acceptors (Lipinski definition) is 4. The summed E-state index contributed by atoms with van der Waals surface area (Å²) >= 11 is 0. The molecule has 1 aliphatic carbocycles. The molecule has 5 nitrogen and oxygen atoms in total. The van der Waals surface area contributed by atoms with Gasteiger partial charge in [0.05, 0.1) is 4.92 Å². The Kier molecular flexibility index (Phi) is 5.84. The van der Waals surface area contributed by atoms with Crippen molar-refractivity contribution < 1.29 is 4.92 Å². The topological polar surface area (TPSA) is 67.2 Å². The summed E-state index contributed by atoms with van der Waals surface area (Å²) in [6.07, 6.45) is 7.52. The van der Waals surface area contributed by atoms with E-state index in [4.69, 9.17) is 0 Å². The maximum Gasteiger partial charge on any atom is 0.273 e. The average molecular weight is 291 g/mol. The largest absolute Gasteiger partial charge is 0.385 e. The van der Waals surface area contributed by atoms with E-state index in [9.17, 15) is 10.1 Å². The number of nitrogens with one attached hydrogen (secondary N) is 2. The third-order valence-electron chi connectivity index (χ3n) is 4.06. The number of benzene rings is 1. The van der Waals surface area contributed by atoms with Crippen molar-refractivity contribution in [2.45, 2.75) is 45.4 Å². The monoisotopic (exact) mass is 291 g/mol. The molecule has 0 spiro atoms. The van der Waals surface area contributed by atoms with Gasteiger partial charge >= 0.3 is 0 Å². The Morgan fingerprint density at radius 2 is 1.76 bits per heavy atom. The normalized spacial score (nSPS) is 15.1. The molecule has 1 aromatic rings. The summed E-state index contributed by atoms with van der Waals surface area (Å²) in [7, 11) is 0. The Bertz CT molecular complexity index is 471. The molecule has 0 heterocycles. The maximum absolute atomic E-state index is 11.0. The molecule has 0 aliphatic heterocycles. The van der Waals surface area contributed by atoms with E-state index in [1.165, 1.54) is 25.7 Å². The third kappa shape index (κ3) is 4.92. The van der Waals surface area contributed by atoms with Gasteiger partial charge in [-0.2, -0.15) is 0 Å². The van der Waals surface area contributed by atoms with Crippen molar-refractivity contribution in [3.63, 3.8) is 0 Å². The van der Waals surface area contributed by atoms with Crippen molar-refractivity contribution in [1.29, 1.82) is 0 Å². The average Bonchev–Trinajstić information content (AvgIpc) is 2.98. The Hall–Kier alpha value is -1.78. The van der Waals surface area contributed by atoms with E-state index in [-0.39, 0.29) is 10.6 Å². The zero-order valence-electron chi connectivity index (χ0n) is 12.7. The molecule has 0 unspecified atom stereocenters. The molecule has 1 aromatic carbocycles. The SMILES string of the molecule is CCCNc1cc(NCCC2CCCC2)cc([N+](=O)[O-])c1. The number of nitro groups is 1. The summed E-state index contributed by atoms with van der Waals surface area (Å²) < 4.78 is 0. The standard InChI is InChI=1S/C16H25N3O2/c1-2-8-17-14-10-15(12-16(11-14)19(20)21)18-9-7-13-5-3-4-6-13/h10-13,17-18H,2-9H2,1H3. The lowest BCUT2D eigenvalue weighted by Crippen LogP contribution is -2.08. The van der Waals surface area contributed by atoms with E-state index >= 15 is 0 Å². The van der Waals surface area contributed by atoms with Gasteiger partial charge in [-0.05, 0) is 24.8 Å². The van der Waals surface area contributed by atoms with Crippen LogP contribution < -0.4 is 10.6 Å². The highest BCUT2D eigenvalue weighted by molar-refractivity contribution is 5.63. The minimum atomic E-state index is -0.334. The fraction of sp³-hybridized carbons (Fsp3) is 0.625. The lowest BCUT2D eigenvalue weighted by atomic mass is 10.0. The lowest BCUT2D eigenvalue weighted by molar-refractivity contribution is -0.384. The van der Waals surface area contributed by atoms with Crippen molar-refractivity contribution in [3.8, 4) is 0 Å². The van der Waals surface area contributed by atoms with E-state index in [1.807, 2.05) is 6.07 Å². The van der Waals surface area contributed by atoms with Gasteiger partial charge in [-0.25, -0.2) is 0 Å². The van der Waals surface area contributed by atoms with Crippen LogP contribution in [0.5, 0.6) is 0 Å². The van der Waals surface area contributed by atoms with Gasteiger partial charge in [0, 0.05) is 36.6 Å². The summed E-state index contributed by atoms with van der Waals surface area (Å²) in [5.74, 6) is 0.828. The van der Waals surface area contributed by atoms with Crippen LogP contribution in [0.4, 0.5) is 17.1 Å². The molecular formula is C16H25N3O2. The molecule has 116 valence electrons. The second kappa shape index (κ2) is 7.86. The highest BCUT2D eigenvalue weighted by Crippen LogP contribution is 2.28.